The van der Waals surface area contributed by atoms with Gasteiger partial charge < -0.3 is 19.8 Å². The van der Waals surface area contributed by atoms with Crippen molar-refractivity contribution >= 4 is 34.2 Å². The van der Waals surface area contributed by atoms with Gasteiger partial charge >= 0.3 is 0 Å². The maximum atomic E-state index is 12.7. The topological polar surface area (TPSA) is 83.8 Å². The SMILES string of the molecule is CC(=O)Nc1cc(NC(=O)CN2CCOC[C@H](Cc3cccc4occc34)C2)ccc1C. The maximum absolute atomic E-state index is 12.7. The molecule has 2 aromatic carbocycles. The molecule has 4 rings (SSSR count). The third-order valence-electron chi connectivity index (χ3n) is 5.72. The molecule has 7 nitrogen and oxygen atoms in total. The Kier molecular flexibility index (Phi) is 6.87. The van der Waals surface area contributed by atoms with E-state index < -0.39 is 0 Å². The van der Waals surface area contributed by atoms with E-state index in [1.165, 1.54) is 12.5 Å². The zero-order valence-electron chi connectivity index (χ0n) is 18.5. The molecule has 0 bridgehead atoms. The first-order valence-corrected chi connectivity index (χ1v) is 10.9. The van der Waals surface area contributed by atoms with E-state index in [4.69, 9.17) is 9.15 Å². The lowest BCUT2D eigenvalue weighted by Gasteiger charge is -2.23. The van der Waals surface area contributed by atoms with Crippen LogP contribution in [-0.2, 0) is 20.7 Å². The molecular formula is C25H29N3O4. The number of anilines is 2. The summed E-state index contributed by atoms with van der Waals surface area (Å²) in [4.78, 5) is 26.3. The standard InChI is InChI=1S/C25H29N3O4/c1-17-6-7-21(13-23(17)26-18(2)29)27-25(30)15-28-9-11-31-16-19(14-28)12-20-4-3-5-24-22(20)8-10-32-24/h3-8,10,13,19H,9,11-12,14-16H2,1-2H3,(H,26,29)(H,27,30)/t19-/m1/s1. The summed E-state index contributed by atoms with van der Waals surface area (Å²) >= 11 is 0. The van der Waals surface area contributed by atoms with Gasteiger partial charge in [-0.05, 0) is 54.7 Å². The fourth-order valence-electron chi connectivity index (χ4n) is 4.19. The number of aryl methyl sites for hydroxylation is 1. The Balaban J connectivity index is 1.37. The first-order valence-electron chi connectivity index (χ1n) is 10.9. The summed E-state index contributed by atoms with van der Waals surface area (Å²) in [6.45, 7) is 6.45. The van der Waals surface area contributed by atoms with E-state index in [2.05, 4.69) is 21.6 Å². The van der Waals surface area contributed by atoms with Crippen molar-refractivity contribution < 1.29 is 18.7 Å². The van der Waals surface area contributed by atoms with Crippen LogP contribution in [0.3, 0.4) is 0 Å². The minimum atomic E-state index is -0.140. The Bertz CT molecular complexity index is 1110. The number of carbonyl (C=O) groups is 2. The van der Waals surface area contributed by atoms with E-state index in [0.717, 1.165) is 29.5 Å². The number of hydrogen-bond acceptors (Lipinski definition) is 5. The highest BCUT2D eigenvalue weighted by atomic mass is 16.5. The largest absolute Gasteiger partial charge is 0.464 e. The number of rotatable bonds is 6. The number of carbonyl (C=O) groups excluding carboxylic acids is 2. The molecule has 1 atom stereocenters. The summed E-state index contributed by atoms with van der Waals surface area (Å²) in [5.74, 6) is 0.0649. The third kappa shape index (κ3) is 5.55. The van der Waals surface area contributed by atoms with Gasteiger partial charge in [0.25, 0.3) is 0 Å². The number of fused-ring (bicyclic) bond motifs is 1. The van der Waals surface area contributed by atoms with Crippen molar-refractivity contribution in [2.24, 2.45) is 5.92 Å². The first kappa shape index (κ1) is 22.0. The first-order chi connectivity index (χ1) is 15.5. The average Bonchev–Trinajstić information content (AvgIpc) is 3.13. The van der Waals surface area contributed by atoms with Crippen molar-refractivity contribution in [2.45, 2.75) is 20.3 Å². The maximum Gasteiger partial charge on any atom is 0.238 e. The minimum absolute atomic E-state index is 0.0831. The van der Waals surface area contributed by atoms with Gasteiger partial charge in [0.1, 0.15) is 5.58 Å². The highest BCUT2D eigenvalue weighted by molar-refractivity contribution is 5.94. The molecule has 1 aliphatic heterocycles. The molecule has 1 aromatic heterocycles. The number of furan rings is 1. The lowest BCUT2D eigenvalue weighted by atomic mass is 9.97. The van der Waals surface area contributed by atoms with E-state index in [-0.39, 0.29) is 17.7 Å². The zero-order valence-corrected chi connectivity index (χ0v) is 18.5. The van der Waals surface area contributed by atoms with Crippen molar-refractivity contribution in [3.05, 3.63) is 59.9 Å². The molecule has 1 saturated heterocycles. The number of amides is 2. The van der Waals surface area contributed by atoms with Gasteiger partial charge in [0.05, 0.1) is 26.0 Å². The molecule has 3 aromatic rings. The zero-order chi connectivity index (χ0) is 22.5. The van der Waals surface area contributed by atoms with Gasteiger partial charge in [-0.25, -0.2) is 0 Å². The fourth-order valence-corrected chi connectivity index (χ4v) is 4.19. The molecule has 2 heterocycles. The second kappa shape index (κ2) is 9.97. The van der Waals surface area contributed by atoms with E-state index in [1.54, 1.807) is 12.3 Å². The van der Waals surface area contributed by atoms with E-state index in [9.17, 15) is 9.59 Å². The Morgan fingerprint density at radius 2 is 2.03 bits per heavy atom. The highest BCUT2D eigenvalue weighted by Crippen LogP contribution is 2.24. The van der Waals surface area contributed by atoms with E-state index in [1.807, 2.05) is 37.3 Å². The van der Waals surface area contributed by atoms with Crippen LogP contribution in [0, 0.1) is 12.8 Å². The van der Waals surface area contributed by atoms with Gasteiger partial charge in [-0.1, -0.05) is 18.2 Å². The summed E-state index contributed by atoms with van der Waals surface area (Å²) in [5.41, 5.74) is 4.44. The molecule has 2 N–H and O–H groups in total. The number of ether oxygens (including phenoxy) is 1. The van der Waals surface area contributed by atoms with E-state index in [0.29, 0.717) is 37.7 Å². The predicted molar refractivity (Wildman–Crippen MR) is 125 cm³/mol. The Morgan fingerprint density at radius 3 is 2.88 bits per heavy atom. The fraction of sp³-hybridized carbons (Fsp3) is 0.360. The summed E-state index contributed by atoms with van der Waals surface area (Å²) in [7, 11) is 0. The lowest BCUT2D eigenvalue weighted by Crippen LogP contribution is -2.37. The second-order valence-electron chi connectivity index (χ2n) is 8.39. The molecule has 168 valence electrons. The second-order valence-corrected chi connectivity index (χ2v) is 8.39. The van der Waals surface area contributed by atoms with Crippen LogP contribution in [0.5, 0.6) is 0 Å². The van der Waals surface area contributed by atoms with E-state index >= 15 is 0 Å². The smallest absolute Gasteiger partial charge is 0.238 e. The Hall–Kier alpha value is -3.16. The predicted octanol–water partition coefficient (Wildman–Crippen LogP) is 3.83. The van der Waals surface area contributed by atoms with Crippen molar-refractivity contribution in [1.82, 2.24) is 4.90 Å². The summed E-state index contributed by atoms with van der Waals surface area (Å²) < 4.78 is 11.4. The van der Waals surface area contributed by atoms with Gasteiger partial charge in [-0.3, -0.25) is 14.5 Å². The lowest BCUT2D eigenvalue weighted by molar-refractivity contribution is -0.117. The van der Waals surface area contributed by atoms with Crippen LogP contribution in [0.1, 0.15) is 18.1 Å². The quantitative estimate of drug-likeness (QED) is 0.615. The molecule has 1 fully saturated rings. The van der Waals surface area contributed by atoms with Crippen LogP contribution in [-0.4, -0.2) is 49.6 Å². The number of nitrogens with zero attached hydrogens (tertiary/aromatic N) is 1. The van der Waals surface area contributed by atoms with Crippen LogP contribution < -0.4 is 10.6 Å². The molecule has 7 heteroatoms. The van der Waals surface area contributed by atoms with Crippen LogP contribution in [0.25, 0.3) is 11.0 Å². The van der Waals surface area contributed by atoms with Gasteiger partial charge in [0.15, 0.2) is 0 Å². The molecule has 0 saturated carbocycles. The normalized spacial score (nSPS) is 17.1. The summed E-state index contributed by atoms with van der Waals surface area (Å²) in [6, 6.07) is 13.6. The van der Waals surface area contributed by atoms with Gasteiger partial charge in [0.2, 0.25) is 11.8 Å². The Morgan fingerprint density at radius 1 is 1.16 bits per heavy atom. The number of nitrogens with one attached hydrogen (secondary N) is 2. The highest BCUT2D eigenvalue weighted by Gasteiger charge is 2.22. The molecule has 1 aliphatic rings. The molecular weight excluding hydrogens is 406 g/mol. The molecule has 0 unspecified atom stereocenters. The van der Waals surface area contributed by atoms with Gasteiger partial charge in [-0.15, -0.1) is 0 Å². The van der Waals surface area contributed by atoms with Gasteiger partial charge in [-0.2, -0.15) is 0 Å². The number of hydrogen-bond donors (Lipinski definition) is 2. The molecule has 0 spiro atoms. The van der Waals surface area contributed by atoms with Crippen molar-refractivity contribution in [1.29, 1.82) is 0 Å². The van der Waals surface area contributed by atoms with Crippen LogP contribution in [0.4, 0.5) is 11.4 Å². The van der Waals surface area contributed by atoms with Crippen LogP contribution >= 0.6 is 0 Å². The molecule has 2 amide bonds. The molecule has 32 heavy (non-hydrogen) atoms. The van der Waals surface area contributed by atoms with Gasteiger partial charge in [0, 0.05) is 36.8 Å². The van der Waals surface area contributed by atoms with Crippen LogP contribution in [0.15, 0.2) is 53.1 Å². The Labute approximate surface area is 187 Å². The monoisotopic (exact) mass is 435 g/mol. The van der Waals surface area contributed by atoms with Crippen LogP contribution in [0.2, 0.25) is 0 Å². The third-order valence-corrected chi connectivity index (χ3v) is 5.72. The number of benzene rings is 2. The molecule has 0 radical (unpaired) electrons. The summed E-state index contributed by atoms with van der Waals surface area (Å²) in [6.07, 6.45) is 2.59. The van der Waals surface area contributed by atoms with Crippen molar-refractivity contribution in [2.75, 3.05) is 43.5 Å². The van der Waals surface area contributed by atoms with Crippen molar-refractivity contribution in [3.8, 4) is 0 Å². The summed E-state index contributed by atoms with van der Waals surface area (Å²) in [5, 5.41) is 6.88. The average molecular weight is 436 g/mol. The molecule has 0 aliphatic carbocycles. The minimum Gasteiger partial charge on any atom is -0.464 e. The van der Waals surface area contributed by atoms with Crippen molar-refractivity contribution in [3.63, 3.8) is 0 Å².